The summed E-state index contributed by atoms with van der Waals surface area (Å²) in [5.74, 6) is 0.628. The molecule has 0 radical (unpaired) electrons. The Morgan fingerprint density at radius 2 is 2.27 bits per heavy atom. The van der Waals surface area contributed by atoms with E-state index in [1.807, 2.05) is 0 Å². The van der Waals surface area contributed by atoms with Gasteiger partial charge in [0.1, 0.15) is 12.6 Å². The zero-order chi connectivity index (χ0) is 15.7. The molecule has 10 heteroatoms. The van der Waals surface area contributed by atoms with Crippen LogP contribution in [0.4, 0.5) is 0 Å². The molecule has 0 N–H and O–H groups in total. The second-order valence-electron chi connectivity index (χ2n) is 5.12. The van der Waals surface area contributed by atoms with Gasteiger partial charge in [-0.05, 0) is 12.8 Å². The summed E-state index contributed by atoms with van der Waals surface area (Å²) in [6.07, 6.45) is 4.32. The number of sulfonamides is 1. The molecule has 120 valence electrons. The zero-order valence-corrected chi connectivity index (χ0v) is 13.2. The molecule has 0 spiro atoms. The predicted molar refractivity (Wildman–Crippen MR) is 74.1 cm³/mol. The van der Waals surface area contributed by atoms with E-state index in [1.54, 1.807) is 11.6 Å². The Balaban J connectivity index is 1.89. The van der Waals surface area contributed by atoms with Crippen molar-refractivity contribution in [3.63, 3.8) is 0 Å². The Morgan fingerprint density at radius 3 is 2.95 bits per heavy atom. The quantitative estimate of drug-likeness (QED) is 0.786. The van der Waals surface area contributed by atoms with Crippen LogP contribution in [-0.2, 0) is 28.4 Å². The maximum absolute atomic E-state index is 12.7. The molecule has 1 aliphatic heterocycles. The van der Waals surface area contributed by atoms with Crippen molar-refractivity contribution >= 4 is 10.0 Å². The molecule has 1 atom stereocenters. The fourth-order valence-corrected chi connectivity index (χ4v) is 4.12. The molecule has 0 amide bonds. The highest BCUT2D eigenvalue weighted by Crippen LogP contribution is 2.35. The monoisotopic (exact) mass is 327 g/mol. The van der Waals surface area contributed by atoms with E-state index in [-0.39, 0.29) is 11.6 Å². The first-order valence-electron chi connectivity index (χ1n) is 6.83. The van der Waals surface area contributed by atoms with Crippen LogP contribution in [-0.4, -0.2) is 46.1 Å². The van der Waals surface area contributed by atoms with Gasteiger partial charge in [0.05, 0.1) is 6.33 Å². The van der Waals surface area contributed by atoms with Crippen molar-refractivity contribution in [2.45, 2.75) is 30.5 Å². The van der Waals surface area contributed by atoms with Crippen LogP contribution in [0, 0.1) is 0 Å². The highest BCUT2D eigenvalue weighted by molar-refractivity contribution is 7.89. The number of rotatable bonds is 5. The molecule has 3 heterocycles. The third kappa shape index (κ3) is 2.64. The molecule has 0 saturated carbocycles. The number of imidazole rings is 1. The van der Waals surface area contributed by atoms with Gasteiger partial charge in [0, 0.05) is 26.9 Å². The zero-order valence-electron chi connectivity index (χ0n) is 12.3. The number of nitrogens with zero attached hydrogens (tertiary/aromatic N) is 5. The standard InChI is InChI=1S/C12H17N5O4S/c1-16-6-11(13-8-16)22(18,19)17-5-3-4-9(17)12-15-14-10(21-12)7-20-2/h6,8-9H,3-5,7H2,1-2H3/t9-/m1/s1. The van der Waals surface area contributed by atoms with Crippen LogP contribution in [0.5, 0.6) is 0 Å². The molecular weight excluding hydrogens is 310 g/mol. The van der Waals surface area contributed by atoms with Crippen molar-refractivity contribution in [1.29, 1.82) is 0 Å². The molecule has 2 aromatic rings. The van der Waals surface area contributed by atoms with E-state index < -0.39 is 16.1 Å². The van der Waals surface area contributed by atoms with E-state index in [0.29, 0.717) is 24.7 Å². The Morgan fingerprint density at radius 1 is 1.45 bits per heavy atom. The first kappa shape index (κ1) is 15.1. The van der Waals surface area contributed by atoms with Crippen LogP contribution >= 0.6 is 0 Å². The van der Waals surface area contributed by atoms with Gasteiger partial charge in [-0.1, -0.05) is 0 Å². The van der Waals surface area contributed by atoms with E-state index in [0.717, 1.165) is 6.42 Å². The topological polar surface area (TPSA) is 103 Å². The molecule has 3 rings (SSSR count). The van der Waals surface area contributed by atoms with Crippen LogP contribution in [0.3, 0.4) is 0 Å². The highest BCUT2D eigenvalue weighted by atomic mass is 32.2. The van der Waals surface area contributed by atoms with Crippen LogP contribution < -0.4 is 0 Å². The minimum Gasteiger partial charge on any atom is -0.421 e. The Hall–Kier alpha value is -1.78. The van der Waals surface area contributed by atoms with E-state index >= 15 is 0 Å². The average Bonchev–Trinajstić information content (AvgIpc) is 3.17. The molecule has 0 unspecified atom stereocenters. The Bertz CT molecular complexity index is 753. The molecule has 0 bridgehead atoms. The van der Waals surface area contributed by atoms with Crippen LogP contribution in [0.1, 0.15) is 30.7 Å². The smallest absolute Gasteiger partial charge is 0.262 e. The summed E-state index contributed by atoms with van der Waals surface area (Å²) in [6, 6.07) is -0.454. The SMILES string of the molecule is COCc1nnc([C@H]2CCCN2S(=O)(=O)c2cn(C)cn2)o1. The summed E-state index contributed by atoms with van der Waals surface area (Å²) < 4.78 is 38.8. The minimum absolute atomic E-state index is 0.0264. The second-order valence-corrected chi connectivity index (χ2v) is 6.96. The summed E-state index contributed by atoms with van der Waals surface area (Å²) in [5, 5.41) is 7.84. The fourth-order valence-electron chi connectivity index (χ4n) is 2.50. The first-order valence-corrected chi connectivity index (χ1v) is 8.27. The molecule has 1 saturated heterocycles. The normalized spacial score (nSPS) is 19.8. The van der Waals surface area contributed by atoms with Gasteiger partial charge >= 0.3 is 0 Å². The van der Waals surface area contributed by atoms with Crippen LogP contribution in [0.15, 0.2) is 22.0 Å². The lowest BCUT2D eigenvalue weighted by molar-refractivity contribution is 0.155. The predicted octanol–water partition coefficient (Wildman–Crippen LogP) is 0.475. The largest absolute Gasteiger partial charge is 0.421 e. The second kappa shape index (κ2) is 5.78. The lowest BCUT2D eigenvalue weighted by Gasteiger charge is -2.20. The Kier molecular flexibility index (Phi) is 3.98. The van der Waals surface area contributed by atoms with Crippen LogP contribution in [0.25, 0.3) is 0 Å². The number of methoxy groups -OCH3 is 1. The van der Waals surface area contributed by atoms with Crippen molar-refractivity contribution in [1.82, 2.24) is 24.1 Å². The van der Waals surface area contributed by atoms with E-state index in [9.17, 15) is 8.42 Å². The molecule has 1 fully saturated rings. The maximum atomic E-state index is 12.7. The summed E-state index contributed by atoms with van der Waals surface area (Å²) in [7, 11) is -0.426. The minimum atomic E-state index is -3.68. The number of ether oxygens (including phenoxy) is 1. The van der Waals surface area contributed by atoms with Crippen molar-refractivity contribution in [2.75, 3.05) is 13.7 Å². The molecule has 1 aliphatic rings. The van der Waals surface area contributed by atoms with Gasteiger partial charge in [0.2, 0.25) is 11.8 Å². The third-order valence-corrected chi connectivity index (χ3v) is 5.29. The lowest BCUT2D eigenvalue weighted by atomic mass is 10.2. The molecule has 0 aromatic carbocycles. The van der Waals surface area contributed by atoms with Crippen LogP contribution in [0.2, 0.25) is 0 Å². The number of aryl methyl sites for hydroxylation is 1. The molecule has 2 aromatic heterocycles. The fraction of sp³-hybridized carbons (Fsp3) is 0.583. The number of hydrogen-bond acceptors (Lipinski definition) is 7. The van der Waals surface area contributed by atoms with Crippen molar-refractivity contribution in [3.05, 3.63) is 24.3 Å². The summed E-state index contributed by atoms with van der Waals surface area (Å²) in [4.78, 5) is 3.94. The number of aromatic nitrogens is 4. The van der Waals surface area contributed by atoms with E-state index in [4.69, 9.17) is 9.15 Å². The van der Waals surface area contributed by atoms with E-state index in [2.05, 4.69) is 15.2 Å². The molecule has 0 aliphatic carbocycles. The lowest BCUT2D eigenvalue weighted by Crippen LogP contribution is -2.31. The van der Waals surface area contributed by atoms with Gasteiger partial charge in [0.25, 0.3) is 10.0 Å². The third-order valence-electron chi connectivity index (χ3n) is 3.49. The van der Waals surface area contributed by atoms with Gasteiger partial charge < -0.3 is 13.7 Å². The van der Waals surface area contributed by atoms with Gasteiger partial charge in [-0.2, -0.15) is 4.31 Å². The number of hydrogen-bond donors (Lipinski definition) is 0. The Labute approximate surface area is 128 Å². The average molecular weight is 327 g/mol. The van der Waals surface area contributed by atoms with E-state index in [1.165, 1.54) is 23.9 Å². The van der Waals surface area contributed by atoms with Crippen molar-refractivity contribution in [3.8, 4) is 0 Å². The maximum Gasteiger partial charge on any atom is 0.262 e. The van der Waals surface area contributed by atoms with Crippen molar-refractivity contribution < 1.29 is 17.6 Å². The van der Waals surface area contributed by atoms with Gasteiger partial charge in [0.15, 0.2) is 5.03 Å². The summed E-state index contributed by atoms with van der Waals surface area (Å²) in [6.45, 7) is 0.609. The highest BCUT2D eigenvalue weighted by Gasteiger charge is 2.40. The molecule has 9 nitrogen and oxygen atoms in total. The van der Waals surface area contributed by atoms with Gasteiger partial charge in [-0.3, -0.25) is 0 Å². The van der Waals surface area contributed by atoms with Crippen molar-refractivity contribution in [2.24, 2.45) is 7.05 Å². The molecule has 22 heavy (non-hydrogen) atoms. The molecular formula is C12H17N5O4S. The summed E-state index contributed by atoms with van der Waals surface area (Å²) >= 11 is 0. The first-order chi connectivity index (χ1) is 10.5. The van der Waals surface area contributed by atoms with Gasteiger partial charge in [-0.15, -0.1) is 10.2 Å². The summed E-state index contributed by atoms with van der Waals surface area (Å²) in [5.41, 5.74) is 0. The van der Waals surface area contributed by atoms with Gasteiger partial charge in [-0.25, -0.2) is 13.4 Å².